The Hall–Kier alpha value is -1.31. The molecule has 0 saturated carbocycles. The van der Waals surface area contributed by atoms with Gasteiger partial charge in [0.05, 0.1) is 0 Å². The summed E-state index contributed by atoms with van der Waals surface area (Å²) >= 11 is 0. The number of aryl methyl sites for hydroxylation is 1. The summed E-state index contributed by atoms with van der Waals surface area (Å²) in [6.07, 6.45) is 5.21. The normalized spacial score (nSPS) is 13.8. The van der Waals surface area contributed by atoms with Crippen molar-refractivity contribution in [2.24, 2.45) is 0 Å². The SMILES string of the molecule is CCc1ccc2c(n1)NCC=C2. The molecule has 12 heavy (non-hydrogen) atoms. The molecule has 1 aliphatic heterocycles. The van der Waals surface area contributed by atoms with Gasteiger partial charge in [-0.25, -0.2) is 4.98 Å². The summed E-state index contributed by atoms with van der Waals surface area (Å²) in [4.78, 5) is 4.47. The minimum atomic E-state index is 0.896. The molecule has 1 aromatic rings. The zero-order chi connectivity index (χ0) is 8.39. The van der Waals surface area contributed by atoms with Crippen molar-refractivity contribution in [1.82, 2.24) is 4.98 Å². The maximum atomic E-state index is 4.47. The van der Waals surface area contributed by atoms with E-state index in [0.717, 1.165) is 24.5 Å². The third kappa shape index (κ3) is 1.20. The van der Waals surface area contributed by atoms with E-state index in [-0.39, 0.29) is 0 Å². The second kappa shape index (κ2) is 2.97. The van der Waals surface area contributed by atoms with E-state index in [1.54, 1.807) is 0 Å². The molecule has 0 amide bonds. The highest BCUT2D eigenvalue weighted by atomic mass is 15.0. The minimum Gasteiger partial charge on any atom is -0.366 e. The lowest BCUT2D eigenvalue weighted by atomic mass is 10.1. The molecular formula is C10H12N2. The molecule has 0 aliphatic carbocycles. The van der Waals surface area contributed by atoms with E-state index in [2.05, 4.69) is 41.5 Å². The van der Waals surface area contributed by atoms with Crippen LogP contribution in [0.1, 0.15) is 18.2 Å². The predicted molar refractivity (Wildman–Crippen MR) is 51.1 cm³/mol. The van der Waals surface area contributed by atoms with Gasteiger partial charge in [0, 0.05) is 17.8 Å². The molecule has 0 fully saturated rings. The zero-order valence-corrected chi connectivity index (χ0v) is 7.17. The molecule has 2 heterocycles. The molecule has 0 atom stereocenters. The summed E-state index contributed by atoms with van der Waals surface area (Å²) in [6.45, 7) is 3.01. The van der Waals surface area contributed by atoms with E-state index in [1.165, 1.54) is 5.56 Å². The summed E-state index contributed by atoms with van der Waals surface area (Å²) in [5.74, 6) is 1.02. The number of fused-ring (bicyclic) bond motifs is 1. The molecule has 0 aromatic carbocycles. The maximum Gasteiger partial charge on any atom is 0.133 e. The number of nitrogens with zero attached hydrogens (tertiary/aromatic N) is 1. The zero-order valence-electron chi connectivity index (χ0n) is 7.17. The molecule has 2 heteroatoms. The number of hydrogen-bond acceptors (Lipinski definition) is 2. The van der Waals surface area contributed by atoms with Crippen LogP contribution in [0.3, 0.4) is 0 Å². The Morgan fingerprint density at radius 1 is 1.50 bits per heavy atom. The van der Waals surface area contributed by atoms with Crippen LogP contribution in [0.5, 0.6) is 0 Å². The Morgan fingerprint density at radius 3 is 3.25 bits per heavy atom. The van der Waals surface area contributed by atoms with E-state index in [1.807, 2.05) is 0 Å². The quantitative estimate of drug-likeness (QED) is 0.680. The lowest BCUT2D eigenvalue weighted by molar-refractivity contribution is 1.03. The highest BCUT2D eigenvalue weighted by Gasteiger charge is 2.04. The number of pyridine rings is 1. The molecule has 0 spiro atoms. The number of nitrogens with one attached hydrogen (secondary N) is 1. The fourth-order valence-corrected chi connectivity index (χ4v) is 1.32. The second-order valence-electron chi connectivity index (χ2n) is 2.88. The van der Waals surface area contributed by atoms with E-state index in [0.29, 0.717) is 0 Å². The van der Waals surface area contributed by atoms with Gasteiger partial charge >= 0.3 is 0 Å². The van der Waals surface area contributed by atoms with Gasteiger partial charge < -0.3 is 5.32 Å². The van der Waals surface area contributed by atoms with Gasteiger partial charge in [-0.1, -0.05) is 19.1 Å². The van der Waals surface area contributed by atoms with Gasteiger partial charge in [0.25, 0.3) is 0 Å². The van der Waals surface area contributed by atoms with Crippen molar-refractivity contribution in [1.29, 1.82) is 0 Å². The molecular weight excluding hydrogens is 148 g/mol. The molecule has 62 valence electrons. The third-order valence-corrected chi connectivity index (χ3v) is 2.03. The monoisotopic (exact) mass is 160 g/mol. The highest BCUT2D eigenvalue weighted by Crippen LogP contribution is 2.18. The van der Waals surface area contributed by atoms with Gasteiger partial charge in [-0.3, -0.25) is 0 Å². The van der Waals surface area contributed by atoms with Crippen LogP contribution in [0.2, 0.25) is 0 Å². The van der Waals surface area contributed by atoms with Crippen molar-refractivity contribution < 1.29 is 0 Å². The summed E-state index contributed by atoms with van der Waals surface area (Å²) in [7, 11) is 0. The van der Waals surface area contributed by atoms with Gasteiger partial charge in [0.15, 0.2) is 0 Å². The third-order valence-electron chi connectivity index (χ3n) is 2.03. The van der Waals surface area contributed by atoms with Crippen LogP contribution in [-0.2, 0) is 6.42 Å². The van der Waals surface area contributed by atoms with E-state index in [4.69, 9.17) is 0 Å². The largest absolute Gasteiger partial charge is 0.366 e. The van der Waals surface area contributed by atoms with Crippen LogP contribution in [0.25, 0.3) is 6.08 Å². The topological polar surface area (TPSA) is 24.9 Å². The molecule has 0 unspecified atom stereocenters. The van der Waals surface area contributed by atoms with Gasteiger partial charge in [-0.15, -0.1) is 0 Å². The average molecular weight is 160 g/mol. The fourth-order valence-electron chi connectivity index (χ4n) is 1.32. The van der Waals surface area contributed by atoms with Crippen LogP contribution in [-0.4, -0.2) is 11.5 Å². The molecule has 2 nitrogen and oxygen atoms in total. The Kier molecular flexibility index (Phi) is 1.82. The minimum absolute atomic E-state index is 0.896. The molecule has 1 aliphatic rings. The summed E-state index contributed by atoms with van der Waals surface area (Å²) < 4.78 is 0. The Morgan fingerprint density at radius 2 is 2.42 bits per heavy atom. The van der Waals surface area contributed by atoms with Gasteiger partial charge in [-0.05, 0) is 18.6 Å². The number of rotatable bonds is 1. The van der Waals surface area contributed by atoms with Crippen LogP contribution in [0.15, 0.2) is 18.2 Å². The number of aromatic nitrogens is 1. The van der Waals surface area contributed by atoms with Crippen LogP contribution < -0.4 is 5.32 Å². The molecule has 2 rings (SSSR count). The van der Waals surface area contributed by atoms with E-state index in [9.17, 15) is 0 Å². The predicted octanol–water partition coefficient (Wildman–Crippen LogP) is 2.08. The average Bonchev–Trinajstić information content (AvgIpc) is 2.17. The molecule has 0 saturated heterocycles. The molecule has 0 radical (unpaired) electrons. The van der Waals surface area contributed by atoms with Crippen molar-refractivity contribution in [3.63, 3.8) is 0 Å². The first-order valence-corrected chi connectivity index (χ1v) is 4.30. The van der Waals surface area contributed by atoms with Crippen molar-refractivity contribution in [3.05, 3.63) is 29.5 Å². The maximum absolute atomic E-state index is 4.47. The van der Waals surface area contributed by atoms with Crippen LogP contribution in [0.4, 0.5) is 5.82 Å². The van der Waals surface area contributed by atoms with Gasteiger partial charge in [-0.2, -0.15) is 0 Å². The highest BCUT2D eigenvalue weighted by molar-refractivity contribution is 5.66. The van der Waals surface area contributed by atoms with Crippen LogP contribution in [0, 0.1) is 0 Å². The van der Waals surface area contributed by atoms with Crippen molar-refractivity contribution >= 4 is 11.9 Å². The first-order valence-electron chi connectivity index (χ1n) is 4.30. The lowest BCUT2D eigenvalue weighted by Gasteiger charge is -2.12. The molecule has 0 bridgehead atoms. The lowest BCUT2D eigenvalue weighted by Crippen LogP contribution is -2.07. The summed E-state index contributed by atoms with van der Waals surface area (Å²) in [5, 5.41) is 3.24. The smallest absolute Gasteiger partial charge is 0.133 e. The molecule has 1 N–H and O–H groups in total. The Balaban J connectivity index is 2.44. The van der Waals surface area contributed by atoms with Crippen LogP contribution >= 0.6 is 0 Å². The van der Waals surface area contributed by atoms with Crippen molar-refractivity contribution in [3.8, 4) is 0 Å². The standard InChI is InChI=1S/C10H12N2/c1-2-9-6-5-8-4-3-7-11-10(8)12-9/h3-6H,2,7H2,1H3,(H,11,12). The first-order chi connectivity index (χ1) is 5.90. The first kappa shape index (κ1) is 7.35. The Labute approximate surface area is 72.3 Å². The van der Waals surface area contributed by atoms with Gasteiger partial charge in [0.2, 0.25) is 0 Å². The number of hydrogen-bond donors (Lipinski definition) is 1. The fraction of sp³-hybridized carbons (Fsp3) is 0.300. The summed E-state index contributed by atoms with van der Waals surface area (Å²) in [5.41, 5.74) is 2.34. The Bertz CT molecular complexity index is 316. The molecule has 1 aromatic heterocycles. The van der Waals surface area contributed by atoms with E-state index >= 15 is 0 Å². The van der Waals surface area contributed by atoms with E-state index < -0.39 is 0 Å². The second-order valence-corrected chi connectivity index (χ2v) is 2.88. The van der Waals surface area contributed by atoms with Crippen molar-refractivity contribution in [2.75, 3.05) is 11.9 Å². The number of anilines is 1. The summed E-state index contributed by atoms with van der Waals surface area (Å²) in [6, 6.07) is 4.19. The van der Waals surface area contributed by atoms with Gasteiger partial charge in [0.1, 0.15) is 5.82 Å². The van der Waals surface area contributed by atoms with Crippen molar-refractivity contribution in [2.45, 2.75) is 13.3 Å².